The molecule has 1 aliphatic rings. The van der Waals surface area contributed by atoms with E-state index in [9.17, 15) is 28.8 Å². The van der Waals surface area contributed by atoms with Gasteiger partial charge in [0.25, 0.3) is 0 Å². The number of fused-ring (bicyclic) bond motifs is 1. The Morgan fingerprint density at radius 2 is 1.94 bits per heavy atom. The zero-order chi connectivity index (χ0) is 22.8. The van der Waals surface area contributed by atoms with Gasteiger partial charge in [0.05, 0.1) is 12.1 Å². The largest absolute Gasteiger partial charge is 0.466 e. The lowest BCUT2D eigenvalue weighted by Crippen LogP contribution is -2.57. The smallest absolute Gasteiger partial charge is 0.417 e. The van der Waals surface area contributed by atoms with Crippen LogP contribution in [0.15, 0.2) is 35.6 Å². The van der Waals surface area contributed by atoms with Crippen molar-refractivity contribution in [3.63, 3.8) is 0 Å². The Morgan fingerprint density at radius 3 is 2.58 bits per heavy atom. The predicted octanol–water partition coefficient (Wildman–Crippen LogP) is -1.09. The first-order valence-electron chi connectivity index (χ1n) is 8.98. The van der Waals surface area contributed by atoms with Crippen LogP contribution in [0.1, 0.15) is 5.56 Å². The maximum atomic E-state index is 11.0. The summed E-state index contributed by atoms with van der Waals surface area (Å²) in [4.78, 5) is 5.27. The van der Waals surface area contributed by atoms with Gasteiger partial charge in [0, 0.05) is 18.0 Å². The van der Waals surface area contributed by atoms with E-state index in [1.807, 2.05) is 0 Å². The third-order valence-corrected chi connectivity index (χ3v) is 6.01. The number of aromatic nitrogens is 1. The molecule has 5 atom stereocenters. The molecular weight excluding hydrogens is 456 g/mol. The molecule has 1 aromatic carbocycles. The number of hydrogen-bond acceptors (Lipinski definition) is 11. The molecule has 2 aromatic rings. The van der Waals surface area contributed by atoms with Gasteiger partial charge in [-0.3, -0.25) is 4.55 Å². The van der Waals surface area contributed by atoms with E-state index in [1.165, 1.54) is 11.8 Å². The Hall–Kier alpha value is -1.91. The molecule has 0 saturated carbocycles. The summed E-state index contributed by atoms with van der Waals surface area (Å²) in [6.07, 6.45) is -4.30. The third-order valence-electron chi connectivity index (χ3n) is 4.63. The minimum Gasteiger partial charge on any atom is -0.417 e. The molecule has 5 N–H and O–H groups in total. The van der Waals surface area contributed by atoms with Crippen molar-refractivity contribution in [2.24, 2.45) is 5.16 Å². The highest BCUT2D eigenvalue weighted by Crippen LogP contribution is 2.31. The van der Waals surface area contributed by atoms with E-state index in [2.05, 4.69) is 9.44 Å². The maximum Gasteiger partial charge on any atom is 0.466 e. The van der Waals surface area contributed by atoms with Gasteiger partial charge in [-0.15, -0.1) is 0 Å². The summed E-state index contributed by atoms with van der Waals surface area (Å²) in [6.45, 7) is -0.628. The van der Waals surface area contributed by atoms with E-state index in [4.69, 9.17) is 14.1 Å². The average molecular weight is 479 g/mol. The molecule has 0 aliphatic carbocycles. The van der Waals surface area contributed by atoms with Gasteiger partial charge in [-0.25, -0.2) is 4.28 Å². The first kappa shape index (κ1) is 23.7. The van der Waals surface area contributed by atoms with Crippen molar-refractivity contribution in [3.05, 3.63) is 36.0 Å². The monoisotopic (exact) mass is 478 g/mol. The van der Waals surface area contributed by atoms with Crippen LogP contribution in [0, 0.1) is 0 Å². The fraction of sp³-hybridized carbons (Fsp3) is 0.471. The van der Waals surface area contributed by atoms with Crippen molar-refractivity contribution in [2.45, 2.75) is 36.3 Å². The molecule has 1 fully saturated rings. The number of oxime groups is 1. The lowest BCUT2D eigenvalue weighted by molar-refractivity contribution is -0.205. The van der Waals surface area contributed by atoms with E-state index >= 15 is 0 Å². The molecule has 1 aromatic heterocycles. The molecule has 31 heavy (non-hydrogen) atoms. The Morgan fingerprint density at radius 1 is 1.23 bits per heavy atom. The Bertz CT molecular complexity index is 1040. The van der Waals surface area contributed by atoms with Crippen LogP contribution in [0.3, 0.4) is 0 Å². The zero-order valence-corrected chi connectivity index (χ0v) is 17.8. The van der Waals surface area contributed by atoms with E-state index < -0.39 is 46.9 Å². The number of hydrogen-bond donors (Lipinski definition) is 5. The second kappa shape index (κ2) is 9.70. The van der Waals surface area contributed by atoms with Crippen LogP contribution >= 0.6 is 11.8 Å². The highest BCUT2D eigenvalue weighted by molar-refractivity contribution is 8.14. The van der Waals surface area contributed by atoms with Crippen molar-refractivity contribution in [1.29, 1.82) is 0 Å². The van der Waals surface area contributed by atoms with Gasteiger partial charge in [0.2, 0.25) is 0 Å². The van der Waals surface area contributed by atoms with Gasteiger partial charge in [0.15, 0.2) is 0 Å². The maximum absolute atomic E-state index is 11.0. The molecule has 3 rings (SSSR count). The topological polar surface area (TPSA) is 180 Å². The van der Waals surface area contributed by atoms with Crippen molar-refractivity contribution >= 4 is 38.1 Å². The summed E-state index contributed by atoms with van der Waals surface area (Å²) in [6, 6.07) is 7.21. The van der Waals surface area contributed by atoms with Crippen LogP contribution in [0.2, 0.25) is 0 Å². The summed E-state index contributed by atoms with van der Waals surface area (Å²) >= 11 is 0.705. The number of aliphatic hydroxyl groups is 4. The normalized spacial score (nSPS) is 27.4. The van der Waals surface area contributed by atoms with E-state index in [-0.39, 0.29) is 11.5 Å². The molecule has 1 unspecified atom stereocenters. The van der Waals surface area contributed by atoms with Crippen molar-refractivity contribution in [2.75, 3.05) is 13.7 Å². The van der Waals surface area contributed by atoms with Crippen molar-refractivity contribution in [1.82, 2.24) is 4.73 Å². The quantitative estimate of drug-likeness (QED) is 0.141. The molecule has 0 spiro atoms. The zero-order valence-electron chi connectivity index (χ0n) is 16.2. The number of para-hydroxylation sites is 1. The van der Waals surface area contributed by atoms with Crippen LogP contribution < -0.4 is 4.84 Å². The minimum atomic E-state index is -4.91. The lowest BCUT2D eigenvalue weighted by Gasteiger charge is -2.39. The molecule has 14 heteroatoms. The molecule has 12 nitrogen and oxygen atoms in total. The number of thioether (sulfide) groups is 1. The standard InChI is InChI=1S/C17H22N2O10S2/c1-27-19-7-9(10-4-2-3-5-11(10)19)6-13(18-29-31(24,25)26)30-17-16(23)15(22)14(21)12(8-20)28-17/h2-5,7,12,14-17,20-23H,6,8H2,1H3,(H,24,25,26)/b18-13-/t12-,14-,15-,16-,17?/m0/s1. The van der Waals surface area contributed by atoms with Gasteiger partial charge in [0.1, 0.15) is 42.0 Å². The third kappa shape index (κ3) is 5.48. The number of aliphatic hydroxyl groups excluding tert-OH is 4. The fourth-order valence-corrected chi connectivity index (χ4v) is 4.47. The first-order valence-corrected chi connectivity index (χ1v) is 11.2. The molecule has 0 bridgehead atoms. The van der Waals surface area contributed by atoms with E-state index in [1.54, 1.807) is 30.5 Å². The summed E-state index contributed by atoms with van der Waals surface area (Å²) in [5.41, 5.74) is 0.148. The molecular formula is C17H22N2O10S2. The number of rotatable bonds is 7. The van der Waals surface area contributed by atoms with Crippen LogP contribution in [-0.2, 0) is 25.8 Å². The lowest BCUT2D eigenvalue weighted by atomic mass is 10.0. The van der Waals surface area contributed by atoms with Crippen LogP contribution in [0.5, 0.6) is 0 Å². The highest BCUT2D eigenvalue weighted by Gasteiger charge is 2.44. The molecule has 2 heterocycles. The average Bonchev–Trinajstić information content (AvgIpc) is 3.09. The summed E-state index contributed by atoms with van der Waals surface area (Å²) in [5, 5.41) is 43.7. The number of benzene rings is 1. The van der Waals surface area contributed by atoms with Gasteiger partial charge in [-0.05, 0) is 11.6 Å². The van der Waals surface area contributed by atoms with Gasteiger partial charge >= 0.3 is 10.4 Å². The van der Waals surface area contributed by atoms with Gasteiger partial charge in [-0.2, -0.15) is 13.1 Å². The van der Waals surface area contributed by atoms with Crippen LogP contribution in [0.4, 0.5) is 0 Å². The first-order chi connectivity index (χ1) is 14.6. The van der Waals surface area contributed by atoms with Crippen molar-refractivity contribution < 1.29 is 47.3 Å². The second-order valence-electron chi connectivity index (χ2n) is 6.66. The molecule has 1 aliphatic heterocycles. The van der Waals surface area contributed by atoms with Crippen molar-refractivity contribution in [3.8, 4) is 0 Å². The number of ether oxygens (including phenoxy) is 1. The Labute approximate surface area is 181 Å². The Balaban J connectivity index is 1.91. The van der Waals surface area contributed by atoms with Gasteiger partial charge < -0.3 is 30.0 Å². The van der Waals surface area contributed by atoms with Gasteiger partial charge in [-0.1, -0.05) is 35.1 Å². The molecule has 0 amide bonds. The summed E-state index contributed by atoms with van der Waals surface area (Å²) in [7, 11) is -3.44. The predicted molar refractivity (Wildman–Crippen MR) is 110 cm³/mol. The van der Waals surface area contributed by atoms with E-state index in [0.29, 0.717) is 17.3 Å². The fourth-order valence-electron chi connectivity index (χ4n) is 3.16. The highest BCUT2D eigenvalue weighted by atomic mass is 32.3. The molecule has 172 valence electrons. The van der Waals surface area contributed by atoms with Crippen LogP contribution in [0.25, 0.3) is 10.9 Å². The Kier molecular flexibility index (Phi) is 7.43. The van der Waals surface area contributed by atoms with E-state index in [0.717, 1.165) is 10.9 Å². The second-order valence-corrected chi connectivity index (χ2v) is 8.84. The number of nitrogens with zero attached hydrogens (tertiary/aromatic N) is 2. The van der Waals surface area contributed by atoms with Crippen LogP contribution in [-0.4, -0.2) is 86.7 Å². The SMILES string of the molecule is COn1cc(C/C(=N/OS(=O)(=O)O)SC2O[C@@H](CO)[C@H](O)[C@H](O)[C@@H]2O)c2ccccc21. The molecule has 0 radical (unpaired) electrons. The molecule has 1 saturated heterocycles. The minimum absolute atomic E-state index is 0.0217. The summed E-state index contributed by atoms with van der Waals surface area (Å²) in [5.74, 6) is 0. The summed E-state index contributed by atoms with van der Waals surface area (Å²) < 4.78 is 42.0.